The zero-order chi connectivity index (χ0) is 13.2. The van der Waals surface area contributed by atoms with Crippen molar-refractivity contribution in [3.63, 3.8) is 0 Å². The number of aromatic hydroxyl groups is 1. The van der Waals surface area contributed by atoms with E-state index in [0.717, 1.165) is 0 Å². The average Bonchev–Trinajstić information content (AvgIpc) is 2.83. The van der Waals surface area contributed by atoms with Crippen molar-refractivity contribution in [3.8, 4) is 5.75 Å². The number of phenolic OH excluding ortho intramolecular Hbond substituents is 1. The van der Waals surface area contributed by atoms with Gasteiger partial charge in [0.05, 0.1) is 11.9 Å². The monoisotopic (exact) mass is 267 g/mol. The molecule has 6 nitrogen and oxygen atoms in total. The number of nitrogens with zero attached hydrogens (tertiary/aromatic N) is 2. The van der Waals surface area contributed by atoms with Crippen LogP contribution in [-0.2, 0) is 10.0 Å². The van der Waals surface area contributed by atoms with Crippen LogP contribution < -0.4 is 4.31 Å². The summed E-state index contributed by atoms with van der Waals surface area (Å²) in [5.41, 5.74) is 0.409. The van der Waals surface area contributed by atoms with E-state index in [1.54, 1.807) is 19.1 Å². The first-order valence-corrected chi connectivity index (χ1v) is 6.81. The molecule has 0 aliphatic heterocycles. The fourth-order valence-electron chi connectivity index (χ4n) is 1.64. The molecule has 2 N–H and O–H groups in total. The quantitative estimate of drug-likeness (QED) is 0.875. The zero-order valence-electron chi connectivity index (χ0n) is 9.74. The smallest absolute Gasteiger partial charge is 0.281 e. The predicted octanol–water partition coefficient (Wildman–Crippen LogP) is 1.33. The fraction of sp³-hybridized carbons (Fsp3) is 0.182. The first-order valence-electron chi connectivity index (χ1n) is 5.37. The fourth-order valence-corrected chi connectivity index (χ4v) is 3.01. The lowest BCUT2D eigenvalue weighted by Crippen LogP contribution is -2.31. The highest BCUT2D eigenvalue weighted by atomic mass is 32.2. The number of aromatic nitrogens is 2. The number of benzene rings is 1. The first kappa shape index (κ1) is 12.4. The normalized spacial score (nSPS) is 11.4. The number of hydrogen-bond donors (Lipinski definition) is 2. The summed E-state index contributed by atoms with van der Waals surface area (Å²) in [5, 5.41) is 15.5. The Balaban J connectivity index is 2.47. The molecule has 18 heavy (non-hydrogen) atoms. The SMILES string of the molecule is CCN(c1cccc(O)c1)S(=O)(=O)c1ccn[nH]1. The van der Waals surface area contributed by atoms with Crippen LogP contribution in [0.2, 0.25) is 0 Å². The van der Waals surface area contributed by atoms with E-state index in [0.29, 0.717) is 5.69 Å². The van der Waals surface area contributed by atoms with Crippen molar-refractivity contribution in [3.05, 3.63) is 36.5 Å². The summed E-state index contributed by atoms with van der Waals surface area (Å²) in [6, 6.07) is 7.49. The molecule has 0 spiro atoms. The van der Waals surface area contributed by atoms with Crippen molar-refractivity contribution in [1.29, 1.82) is 0 Å². The number of phenols is 1. The highest BCUT2D eigenvalue weighted by Crippen LogP contribution is 2.25. The van der Waals surface area contributed by atoms with Gasteiger partial charge in [-0.15, -0.1) is 0 Å². The van der Waals surface area contributed by atoms with Crippen molar-refractivity contribution >= 4 is 15.7 Å². The molecule has 0 bridgehead atoms. The number of sulfonamides is 1. The Morgan fingerprint density at radius 1 is 1.39 bits per heavy atom. The molecule has 0 amide bonds. The van der Waals surface area contributed by atoms with Crippen molar-refractivity contribution in [2.45, 2.75) is 11.9 Å². The number of nitrogens with one attached hydrogen (secondary N) is 1. The number of H-pyrrole nitrogens is 1. The lowest BCUT2D eigenvalue weighted by Gasteiger charge is -2.21. The molecule has 0 fully saturated rings. The summed E-state index contributed by atoms with van der Waals surface area (Å²) in [6.07, 6.45) is 1.38. The molecular weight excluding hydrogens is 254 g/mol. The molecule has 2 rings (SSSR count). The molecule has 0 saturated carbocycles. The Morgan fingerprint density at radius 2 is 2.17 bits per heavy atom. The second-order valence-corrected chi connectivity index (χ2v) is 5.44. The maximum absolute atomic E-state index is 12.3. The van der Waals surface area contributed by atoms with Crippen molar-refractivity contribution in [2.75, 3.05) is 10.8 Å². The van der Waals surface area contributed by atoms with E-state index in [1.165, 1.54) is 28.7 Å². The summed E-state index contributed by atoms with van der Waals surface area (Å²) in [7, 11) is -3.67. The van der Waals surface area contributed by atoms with Crippen LogP contribution in [0.15, 0.2) is 41.6 Å². The van der Waals surface area contributed by atoms with E-state index in [2.05, 4.69) is 10.2 Å². The molecule has 2 aromatic rings. The molecule has 1 heterocycles. The minimum absolute atomic E-state index is 0.0192. The molecule has 7 heteroatoms. The highest BCUT2D eigenvalue weighted by molar-refractivity contribution is 7.92. The van der Waals surface area contributed by atoms with Gasteiger partial charge in [0.1, 0.15) is 5.75 Å². The van der Waals surface area contributed by atoms with Gasteiger partial charge in [-0.05, 0) is 25.1 Å². The van der Waals surface area contributed by atoms with Gasteiger partial charge in [-0.1, -0.05) is 6.07 Å². The predicted molar refractivity (Wildman–Crippen MR) is 66.9 cm³/mol. The molecule has 0 radical (unpaired) electrons. The third kappa shape index (κ3) is 2.17. The van der Waals surface area contributed by atoms with Crippen LogP contribution in [0.5, 0.6) is 5.75 Å². The first-order chi connectivity index (χ1) is 8.55. The van der Waals surface area contributed by atoms with Gasteiger partial charge < -0.3 is 5.11 Å². The van der Waals surface area contributed by atoms with Gasteiger partial charge in [0.25, 0.3) is 10.0 Å². The minimum atomic E-state index is -3.67. The van der Waals surface area contributed by atoms with Crippen molar-refractivity contribution in [1.82, 2.24) is 10.2 Å². The number of hydrogen-bond acceptors (Lipinski definition) is 4. The van der Waals surface area contributed by atoms with Crippen LogP contribution in [0, 0.1) is 0 Å². The summed E-state index contributed by atoms with van der Waals surface area (Å²) in [4.78, 5) is 0. The van der Waals surface area contributed by atoms with E-state index in [1.807, 2.05) is 0 Å². The molecule has 0 unspecified atom stereocenters. The van der Waals surface area contributed by atoms with E-state index in [4.69, 9.17) is 0 Å². The van der Waals surface area contributed by atoms with Crippen molar-refractivity contribution < 1.29 is 13.5 Å². The highest BCUT2D eigenvalue weighted by Gasteiger charge is 2.24. The van der Waals surface area contributed by atoms with E-state index < -0.39 is 10.0 Å². The minimum Gasteiger partial charge on any atom is -0.508 e. The van der Waals surface area contributed by atoms with Gasteiger partial charge in [-0.3, -0.25) is 9.40 Å². The number of aromatic amines is 1. The van der Waals surface area contributed by atoms with Crippen LogP contribution in [0.3, 0.4) is 0 Å². The lowest BCUT2D eigenvalue weighted by molar-refractivity contribution is 0.475. The zero-order valence-corrected chi connectivity index (χ0v) is 10.6. The van der Waals surface area contributed by atoms with E-state index in [-0.39, 0.29) is 17.3 Å². The number of anilines is 1. The van der Waals surface area contributed by atoms with Gasteiger partial charge in [0.2, 0.25) is 0 Å². The van der Waals surface area contributed by atoms with Crippen LogP contribution >= 0.6 is 0 Å². The van der Waals surface area contributed by atoms with Crippen LogP contribution in [-0.4, -0.2) is 30.3 Å². The molecule has 0 aliphatic rings. The molecular formula is C11H13N3O3S. The Morgan fingerprint density at radius 3 is 2.72 bits per heavy atom. The van der Waals surface area contributed by atoms with Crippen LogP contribution in [0.25, 0.3) is 0 Å². The van der Waals surface area contributed by atoms with Crippen LogP contribution in [0.1, 0.15) is 6.92 Å². The summed E-state index contributed by atoms with van der Waals surface area (Å²) >= 11 is 0. The van der Waals surface area contributed by atoms with Gasteiger partial charge in [0.15, 0.2) is 5.03 Å². The third-order valence-corrected chi connectivity index (χ3v) is 4.28. The molecule has 0 saturated heterocycles. The molecule has 96 valence electrons. The van der Waals surface area contributed by atoms with Crippen LogP contribution in [0.4, 0.5) is 5.69 Å². The Bertz CT molecular complexity index is 623. The third-order valence-electron chi connectivity index (χ3n) is 2.45. The van der Waals surface area contributed by atoms with E-state index in [9.17, 15) is 13.5 Å². The summed E-state index contributed by atoms with van der Waals surface area (Å²) in [5.74, 6) is 0.0192. The standard InChI is InChI=1S/C11H13N3O3S/c1-2-14(9-4-3-5-10(15)8-9)18(16,17)11-6-7-12-13-11/h3-8,15H,2H2,1H3,(H,12,13). The van der Waals surface area contributed by atoms with E-state index >= 15 is 0 Å². The topological polar surface area (TPSA) is 86.3 Å². The second kappa shape index (κ2) is 4.69. The van der Waals surface area contributed by atoms with Gasteiger partial charge >= 0.3 is 0 Å². The maximum atomic E-state index is 12.3. The average molecular weight is 267 g/mol. The van der Waals surface area contributed by atoms with Gasteiger partial charge in [-0.25, -0.2) is 0 Å². The summed E-state index contributed by atoms with van der Waals surface area (Å²) in [6.45, 7) is 1.97. The molecule has 0 aliphatic carbocycles. The largest absolute Gasteiger partial charge is 0.508 e. The number of rotatable bonds is 4. The molecule has 0 atom stereocenters. The maximum Gasteiger partial charge on any atom is 0.281 e. The lowest BCUT2D eigenvalue weighted by atomic mass is 10.3. The van der Waals surface area contributed by atoms with Gasteiger partial charge in [-0.2, -0.15) is 13.5 Å². The Kier molecular flexibility index (Phi) is 3.24. The summed E-state index contributed by atoms with van der Waals surface area (Å²) < 4.78 is 25.8. The molecule has 1 aromatic carbocycles. The van der Waals surface area contributed by atoms with Gasteiger partial charge in [0, 0.05) is 12.6 Å². The van der Waals surface area contributed by atoms with Crippen molar-refractivity contribution in [2.24, 2.45) is 0 Å². The Hall–Kier alpha value is -2.02. The Labute approximate surface area is 105 Å². The molecule has 1 aromatic heterocycles. The second-order valence-electron chi connectivity index (χ2n) is 3.61.